The van der Waals surface area contributed by atoms with E-state index in [0.29, 0.717) is 29.6 Å². The fourth-order valence-electron chi connectivity index (χ4n) is 2.18. The van der Waals surface area contributed by atoms with E-state index >= 15 is 0 Å². The van der Waals surface area contributed by atoms with E-state index in [4.69, 9.17) is 14.2 Å². The van der Waals surface area contributed by atoms with Crippen LogP contribution in [0.15, 0.2) is 30.5 Å². The Hall–Kier alpha value is -2.01. The molecule has 1 aromatic rings. The average molecular weight is 305 g/mol. The second-order valence-corrected chi connectivity index (χ2v) is 5.55. The van der Waals surface area contributed by atoms with Crippen molar-refractivity contribution < 1.29 is 19.0 Å². The first kappa shape index (κ1) is 16.4. The topological polar surface area (TPSA) is 48.0 Å². The summed E-state index contributed by atoms with van der Waals surface area (Å²) < 4.78 is 16.5. The van der Waals surface area contributed by atoms with Crippen LogP contribution in [0.25, 0.3) is 0 Å². The highest BCUT2D eigenvalue weighted by atomic mass is 16.5. The van der Waals surface area contributed by atoms with Gasteiger partial charge in [-0.3, -0.25) is 4.79 Å². The number of hydrogen-bond donors (Lipinski definition) is 0. The molecule has 120 valence electrons. The molecule has 0 amide bonds. The predicted molar refractivity (Wildman–Crippen MR) is 84.6 cm³/mol. The van der Waals surface area contributed by atoms with Crippen LogP contribution in [0.1, 0.15) is 16.8 Å². The lowest BCUT2D eigenvalue weighted by Gasteiger charge is -2.14. The van der Waals surface area contributed by atoms with Crippen molar-refractivity contribution in [1.29, 1.82) is 0 Å². The van der Waals surface area contributed by atoms with Gasteiger partial charge in [0.2, 0.25) is 0 Å². The maximum Gasteiger partial charge on any atom is 0.187 e. The fourth-order valence-corrected chi connectivity index (χ4v) is 2.18. The van der Waals surface area contributed by atoms with E-state index < -0.39 is 0 Å². The molecule has 0 aliphatic carbocycles. The Labute approximate surface area is 131 Å². The summed E-state index contributed by atoms with van der Waals surface area (Å²) in [6.45, 7) is 2.09. The van der Waals surface area contributed by atoms with Gasteiger partial charge in [-0.2, -0.15) is 0 Å². The Bertz CT molecular complexity index is 533. The lowest BCUT2D eigenvalue weighted by atomic mass is 10.1. The standard InChI is InChI=1S/C17H23NO4/c1-18(2)8-6-15(19)14-4-5-16(20-3)17(10-14)22-12-13-7-9-21-11-13/h4-6,8,10,13H,7,9,11-12H2,1-3H3/b8-6+. The van der Waals surface area contributed by atoms with E-state index in [1.54, 1.807) is 31.5 Å². The van der Waals surface area contributed by atoms with Crippen molar-refractivity contribution >= 4 is 5.78 Å². The van der Waals surface area contributed by atoms with Gasteiger partial charge in [-0.1, -0.05) is 0 Å². The third-order valence-electron chi connectivity index (χ3n) is 3.47. The number of ketones is 1. The molecule has 0 bridgehead atoms. The van der Waals surface area contributed by atoms with Gasteiger partial charge >= 0.3 is 0 Å². The van der Waals surface area contributed by atoms with Crippen LogP contribution in [-0.4, -0.2) is 51.7 Å². The highest BCUT2D eigenvalue weighted by Gasteiger charge is 2.17. The van der Waals surface area contributed by atoms with Crippen molar-refractivity contribution in [2.24, 2.45) is 5.92 Å². The highest BCUT2D eigenvalue weighted by molar-refractivity contribution is 6.04. The Kier molecular flexibility index (Phi) is 5.83. The molecular weight excluding hydrogens is 282 g/mol. The molecule has 2 rings (SSSR count). The van der Waals surface area contributed by atoms with Gasteiger partial charge in [0.1, 0.15) is 0 Å². The Morgan fingerprint density at radius 3 is 2.86 bits per heavy atom. The molecule has 0 N–H and O–H groups in total. The maximum atomic E-state index is 12.1. The molecule has 1 aliphatic heterocycles. The van der Waals surface area contributed by atoms with Crippen LogP contribution in [0.5, 0.6) is 11.5 Å². The molecule has 1 aliphatic rings. The van der Waals surface area contributed by atoms with Gasteiger partial charge < -0.3 is 19.1 Å². The molecule has 1 aromatic carbocycles. The number of ether oxygens (including phenoxy) is 3. The van der Waals surface area contributed by atoms with Crippen molar-refractivity contribution in [3.8, 4) is 11.5 Å². The van der Waals surface area contributed by atoms with Crippen molar-refractivity contribution in [2.45, 2.75) is 6.42 Å². The van der Waals surface area contributed by atoms with E-state index in [-0.39, 0.29) is 5.78 Å². The van der Waals surface area contributed by atoms with Gasteiger partial charge in [-0.15, -0.1) is 0 Å². The molecule has 5 nitrogen and oxygen atoms in total. The summed E-state index contributed by atoms with van der Waals surface area (Å²) in [4.78, 5) is 13.9. The summed E-state index contributed by atoms with van der Waals surface area (Å²) in [5.41, 5.74) is 0.580. The van der Waals surface area contributed by atoms with Crippen LogP contribution in [0.4, 0.5) is 0 Å². The van der Waals surface area contributed by atoms with Gasteiger partial charge in [0.25, 0.3) is 0 Å². The van der Waals surface area contributed by atoms with Crippen molar-refractivity contribution in [3.05, 3.63) is 36.0 Å². The van der Waals surface area contributed by atoms with Crippen molar-refractivity contribution in [2.75, 3.05) is 41.0 Å². The fraction of sp³-hybridized carbons (Fsp3) is 0.471. The minimum atomic E-state index is -0.0644. The summed E-state index contributed by atoms with van der Waals surface area (Å²) in [6.07, 6.45) is 4.27. The van der Waals surface area contributed by atoms with Crippen LogP contribution >= 0.6 is 0 Å². The summed E-state index contributed by atoms with van der Waals surface area (Å²) in [7, 11) is 5.33. The molecule has 1 fully saturated rings. The van der Waals surface area contributed by atoms with Crippen LogP contribution in [0.3, 0.4) is 0 Å². The number of rotatable bonds is 7. The zero-order valence-corrected chi connectivity index (χ0v) is 13.4. The molecule has 0 aromatic heterocycles. The third kappa shape index (κ3) is 4.49. The highest BCUT2D eigenvalue weighted by Crippen LogP contribution is 2.29. The molecule has 0 radical (unpaired) electrons. The number of nitrogens with zero attached hydrogens (tertiary/aromatic N) is 1. The molecule has 5 heteroatoms. The Morgan fingerprint density at radius 1 is 1.41 bits per heavy atom. The third-order valence-corrected chi connectivity index (χ3v) is 3.47. The number of benzene rings is 1. The number of carbonyl (C=O) groups excluding carboxylic acids is 1. The van der Waals surface area contributed by atoms with Crippen LogP contribution in [0, 0.1) is 5.92 Å². The van der Waals surface area contributed by atoms with Gasteiger partial charge in [0.15, 0.2) is 17.3 Å². The van der Waals surface area contributed by atoms with Crippen molar-refractivity contribution in [3.63, 3.8) is 0 Å². The zero-order valence-electron chi connectivity index (χ0n) is 13.4. The van der Waals surface area contributed by atoms with Crippen LogP contribution < -0.4 is 9.47 Å². The quantitative estimate of drug-likeness (QED) is 0.572. The van der Waals surface area contributed by atoms with E-state index in [1.807, 2.05) is 19.0 Å². The predicted octanol–water partition coefficient (Wildman–Crippen LogP) is 2.37. The number of allylic oxidation sites excluding steroid dienone is 1. The molecule has 1 atom stereocenters. The van der Waals surface area contributed by atoms with Crippen molar-refractivity contribution in [1.82, 2.24) is 4.90 Å². The average Bonchev–Trinajstić information content (AvgIpc) is 3.03. The zero-order chi connectivity index (χ0) is 15.9. The minimum absolute atomic E-state index is 0.0644. The first-order valence-electron chi connectivity index (χ1n) is 7.37. The summed E-state index contributed by atoms with van der Waals surface area (Å²) in [5.74, 6) is 1.56. The summed E-state index contributed by atoms with van der Waals surface area (Å²) >= 11 is 0. The minimum Gasteiger partial charge on any atom is -0.493 e. The normalized spacial score (nSPS) is 17.7. The smallest absolute Gasteiger partial charge is 0.187 e. The molecule has 0 spiro atoms. The molecule has 1 heterocycles. The largest absolute Gasteiger partial charge is 0.493 e. The maximum absolute atomic E-state index is 12.1. The van der Waals surface area contributed by atoms with Crippen LogP contribution in [0.2, 0.25) is 0 Å². The first-order valence-corrected chi connectivity index (χ1v) is 7.37. The SMILES string of the molecule is COc1ccc(C(=O)/C=C/N(C)C)cc1OCC1CCOC1. The lowest BCUT2D eigenvalue weighted by Crippen LogP contribution is -2.12. The molecule has 0 saturated carbocycles. The monoisotopic (exact) mass is 305 g/mol. The Balaban J connectivity index is 2.09. The van der Waals surface area contributed by atoms with Gasteiger partial charge in [0, 0.05) is 44.5 Å². The Morgan fingerprint density at radius 2 is 2.23 bits per heavy atom. The van der Waals surface area contributed by atoms with Gasteiger partial charge in [-0.25, -0.2) is 0 Å². The number of methoxy groups -OCH3 is 1. The van der Waals surface area contributed by atoms with E-state index in [2.05, 4.69) is 0 Å². The molecule has 1 unspecified atom stereocenters. The van der Waals surface area contributed by atoms with E-state index in [1.165, 1.54) is 6.08 Å². The lowest BCUT2D eigenvalue weighted by molar-refractivity contribution is 0.104. The van der Waals surface area contributed by atoms with Crippen LogP contribution in [-0.2, 0) is 4.74 Å². The number of carbonyl (C=O) groups is 1. The second kappa shape index (κ2) is 7.84. The molecule has 22 heavy (non-hydrogen) atoms. The molecule has 1 saturated heterocycles. The van der Waals surface area contributed by atoms with E-state index in [9.17, 15) is 4.79 Å². The second-order valence-electron chi connectivity index (χ2n) is 5.55. The first-order chi connectivity index (χ1) is 10.6. The van der Waals surface area contributed by atoms with E-state index in [0.717, 1.165) is 19.6 Å². The summed E-state index contributed by atoms with van der Waals surface area (Å²) in [5, 5.41) is 0. The summed E-state index contributed by atoms with van der Waals surface area (Å²) in [6, 6.07) is 5.24. The van der Waals surface area contributed by atoms with Gasteiger partial charge in [0.05, 0.1) is 20.3 Å². The van der Waals surface area contributed by atoms with Gasteiger partial charge in [-0.05, 0) is 24.6 Å². The molecular formula is C17H23NO4. The number of hydrogen-bond acceptors (Lipinski definition) is 5.